The highest BCUT2D eigenvalue weighted by Gasteiger charge is 2.52. The van der Waals surface area contributed by atoms with Gasteiger partial charge in [0, 0.05) is 55.1 Å². The first-order valence-electron chi connectivity index (χ1n) is 34.3. The van der Waals surface area contributed by atoms with Crippen LogP contribution in [0, 0.1) is 22.7 Å². The number of benzene rings is 13. The van der Waals surface area contributed by atoms with Crippen molar-refractivity contribution in [3.8, 4) is 29.0 Å². The molecule has 0 radical (unpaired) electrons. The van der Waals surface area contributed by atoms with Gasteiger partial charge >= 0.3 is 0 Å². The van der Waals surface area contributed by atoms with Crippen LogP contribution in [-0.2, 0) is 5.41 Å². The molecule has 20 rings (SSSR count). The summed E-state index contributed by atoms with van der Waals surface area (Å²) in [5.74, 6) is 0.883. The zero-order chi connectivity index (χ0) is 63.3. The summed E-state index contributed by atoms with van der Waals surface area (Å²) >= 11 is 0. The minimum atomic E-state index is -0.838. The van der Waals surface area contributed by atoms with Crippen LogP contribution in [0.5, 0.6) is 0 Å². The number of rotatable bonds is 8. The smallest absolute Gasteiger partial charge is 0.159 e. The predicted molar refractivity (Wildman–Crippen MR) is 392 cm³/mol. The lowest BCUT2D eigenvalue weighted by Crippen LogP contribution is -2.33. The lowest BCUT2D eigenvalue weighted by molar-refractivity contribution is 0.442. The number of anilines is 6. The summed E-state index contributed by atoms with van der Waals surface area (Å²) in [6, 6.07) is 96.0. The first kappa shape index (κ1) is 54.9. The maximum Gasteiger partial charge on any atom is 0.159 e. The molecule has 7 nitrogen and oxygen atoms in total. The molecule has 4 aliphatic rings. The van der Waals surface area contributed by atoms with E-state index in [1.165, 1.54) is 99.0 Å². The van der Waals surface area contributed by atoms with E-state index in [0.29, 0.717) is 23.0 Å². The van der Waals surface area contributed by atoms with Crippen molar-refractivity contribution in [1.82, 2.24) is 4.57 Å². The number of furan rings is 2. The molecule has 16 aromatic rings. The predicted octanol–water partition coefficient (Wildman–Crippen LogP) is 24.3. The number of nitriles is 2. The summed E-state index contributed by atoms with van der Waals surface area (Å²) in [5, 5.41) is 32.1. The molecule has 96 heavy (non-hydrogen) atoms. The van der Waals surface area contributed by atoms with E-state index in [1.807, 2.05) is 24.3 Å². The molecule has 0 atom stereocenters. The van der Waals surface area contributed by atoms with Gasteiger partial charge in [0.2, 0.25) is 0 Å². The van der Waals surface area contributed by atoms with Crippen molar-refractivity contribution in [2.75, 3.05) is 9.80 Å². The van der Waals surface area contributed by atoms with Crippen LogP contribution in [0.2, 0.25) is 0 Å². The minimum absolute atomic E-state index is 0.433. The van der Waals surface area contributed by atoms with E-state index < -0.39 is 5.41 Å². The van der Waals surface area contributed by atoms with Gasteiger partial charge in [-0.1, -0.05) is 190 Å². The molecule has 4 heterocycles. The maximum atomic E-state index is 10.4. The Balaban J connectivity index is 0.915. The molecule has 3 aromatic heterocycles. The average Bonchev–Trinajstić information content (AvgIpc) is 1.47. The van der Waals surface area contributed by atoms with Crippen LogP contribution >= 0.6 is 0 Å². The van der Waals surface area contributed by atoms with Gasteiger partial charge in [-0.05, 0) is 201 Å². The topological polar surface area (TPSA) is 85.3 Å². The van der Waals surface area contributed by atoms with E-state index in [9.17, 15) is 10.5 Å². The third kappa shape index (κ3) is 7.80. The Labute approximate surface area is 555 Å². The van der Waals surface area contributed by atoms with Crippen LogP contribution in [0.4, 0.5) is 34.1 Å². The van der Waals surface area contributed by atoms with Crippen LogP contribution in [0.1, 0.15) is 121 Å². The second kappa shape index (κ2) is 21.2. The SMILES string of the molecule is N#Cc1ccc(N(c2ccc3c(c2)c2cc(N(c4ccc(C#N)cc4)c4cccc5c4oc4c(C6CCCCC6)cccc45)cc4c2n3-c2ccccc2C42c3ccc4ccccc4c3-c3c2ccc2ccccc32)c2cccc3c2oc2c(C4CCCCC4)cccc23)cc1. The zero-order valence-electron chi connectivity index (χ0n) is 52.9. The Kier molecular flexibility index (Phi) is 12.1. The molecule has 0 unspecified atom stereocenters. The monoisotopic (exact) mass is 1230 g/mol. The van der Waals surface area contributed by atoms with Crippen molar-refractivity contribution in [2.24, 2.45) is 0 Å². The first-order chi connectivity index (χ1) is 47.5. The van der Waals surface area contributed by atoms with Crippen LogP contribution in [0.25, 0.3) is 104 Å². The average molecular weight is 1230 g/mol. The molecule has 13 aromatic carbocycles. The molecular formula is C89H63N5O2. The standard InChI is InChI=1S/C89H63N5O2/c90-52-54-35-41-60(42-36-54)92(80-33-15-29-70-68-27-13-25-66(85(68)95-87(70)80)56-17-3-1-4-18-56)62-45-48-78-72(49-62)73-50-63(93(61-43-37-55(53-91)38-44-61)81-34-16-30-71-69-28-14-26-67(86(69)96-88(71)81)57-19-5-2-6-20-57)51-77-84(73)94(78)79-32-12-11-31-74(79)89(77)75-46-39-58-21-7-9-23-64(58)82(75)83-65-24-10-8-22-59(65)40-47-76(83)89/h7-16,21-51,56-57H,1-6,17-20H2. The van der Waals surface area contributed by atoms with Crippen LogP contribution in [-0.4, -0.2) is 4.57 Å². The lowest BCUT2D eigenvalue weighted by atomic mass is 9.65. The van der Waals surface area contributed by atoms with Crippen molar-refractivity contribution in [3.05, 3.63) is 293 Å². The third-order valence-electron chi connectivity index (χ3n) is 22.4. The second-order valence-corrected chi connectivity index (χ2v) is 27.2. The molecule has 7 heteroatoms. The number of fused-ring (bicyclic) bond motifs is 22. The van der Waals surface area contributed by atoms with E-state index in [2.05, 4.69) is 251 Å². The molecule has 1 aliphatic heterocycles. The fraction of sp³-hybridized carbons (Fsp3) is 0.146. The first-order valence-corrected chi connectivity index (χ1v) is 34.3. The summed E-state index contributed by atoms with van der Waals surface area (Å²) in [6.07, 6.45) is 12.1. The summed E-state index contributed by atoms with van der Waals surface area (Å²) in [6.45, 7) is 0. The van der Waals surface area contributed by atoms with Gasteiger partial charge in [-0.15, -0.1) is 0 Å². The molecule has 1 spiro atoms. The van der Waals surface area contributed by atoms with E-state index in [-0.39, 0.29) is 0 Å². The lowest BCUT2D eigenvalue weighted by Gasteiger charge is -2.40. The van der Waals surface area contributed by atoms with Gasteiger partial charge in [0.25, 0.3) is 0 Å². The van der Waals surface area contributed by atoms with Gasteiger partial charge in [-0.25, -0.2) is 0 Å². The van der Waals surface area contributed by atoms with Gasteiger partial charge in [-0.3, -0.25) is 0 Å². The van der Waals surface area contributed by atoms with Crippen molar-refractivity contribution >= 4 is 121 Å². The summed E-state index contributed by atoms with van der Waals surface area (Å²) in [5.41, 5.74) is 22.7. The number of nitrogens with zero attached hydrogens (tertiary/aromatic N) is 5. The summed E-state index contributed by atoms with van der Waals surface area (Å²) in [7, 11) is 0. The third-order valence-corrected chi connectivity index (χ3v) is 22.4. The van der Waals surface area contributed by atoms with Crippen molar-refractivity contribution in [3.63, 3.8) is 0 Å². The largest absolute Gasteiger partial charge is 0.454 e. The Bertz CT molecular complexity index is 5950. The van der Waals surface area contributed by atoms with Crippen molar-refractivity contribution in [1.29, 1.82) is 10.5 Å². The van der Waals surface area contributed by atoms with Gasteiger partial charge in [0.1, 0.15) is 11.2 Å². The molecule has 0 amide bonds. The highest BCUT2D eigenvalue weighted by Crippen LogP contribution is 2.65. The Morgan fingerprint density at radius 2 is 0.812 bits per heavy atom. The van der Waals surface area contributed by atoms with Crippen LogP contribution in [0.15, 0.2) is 258 Å². The molecular weight excluding hydrogens is 1170 g/mol. The number of aromatic nitrogens is 1. The van der Waals surface area contributed by atoms with E-state index in [1.54, 1.807) is 0 Å². The van der Waals surface area contributed by atoms with Gasteiger partial charge in [0.15, 0.2) is 11.2 Å². The van der Waals surface area contributed by atoms with Crippen molar-refractivity contribution < 1.29 is 8.83 Å². The van der Waals surface area contributed by atoms with Gasteiger partial charge in [-0.2, -0.15) is 10.5 Å². The second-order valence-electron chi connectivity index (χ2n) is 27.2. The highest BCUT2D eigenvalue weighted by atomic mass is 16.3. The summed E-state index contributed by atoms with van der Waals surface area (Å²) in [4.78, 5) is 4.73. The molecule has 3 aliphatic carbocycles. The van der Waals surface area contributed by atoms with Gasteiger partial charge < -0.3 is 23.2 Å². The molecule has 0 N–H and O–H groups in total. The van der Waals surface area contributed by atoms with E-state index >= 15 is 0 Å². The Morgan fingerprint density at radius 3 is 1.35 bits per heavy atom. The fourth-order valence-electron chi connectivity index (χ4n) is 18.2. The number of hydrogen-bond acceptors (Lipinski definition) is 6. The highest BCUT2D eigenvalue weighted by molar-refractivity contribution is 6.20. The molecule has 456 valence electrons. The fourth-order valence-corrected chi connectivity index (χ4v) is 18.2. The van der Waals surface area contributed by atoms with Gasteiger partial charge in [0.05, 0.1) is 56.8 Å². The quantitative estimate of drug-likeness (QED) is 0.151. The summed E-state index contributed by atoms with van der Waals surface area (Å²) < 4.78 is 17.4. The molecule has 0 bridgehead atoms. The van der Waals surface area contributed by atoms with Crippen LogP contribution in [0.3, 0.4) is 0 Å². The molecule has 0 saturated heterocycles. The minimum Gasteiger partial charge on any atom is -0.454 e. The Morgan fingerprint density at radius 1 is 0.354 bits per heavy atom. The normalized spacial score (nSPS) is 15.1. The Hall–Kier alpha value is -11.6. The zero-order valence-corrected chi connectivity index (χ0v) is 52.9. The van der Waals surface area contributed by atoms with E-state index in [0.717, 1.165) is 137 Å². The molecule has 2 fully saturated rings. The van der Waals surface area contributed by atoms with Crippen LogP contribution < -0.4 is 9.80 Å². The number of hydrogen-bond donors (Lipinski definition) is 0. The van der Waals surface area contributed by atoms with Crippen molar-refractivity contribution in [2.45, 2.75) is 81.5 Å². The maximum absolute atomic E-state index is 10.4. The number of para-hydroxylation sites is 5. The molecule has 2 saturated carbocycles. The van der Waals surface area contributed by atoms with E-state index in [4.69, 9.17) is 8.83 Å².